The van der Waals surface area contributed by atoms with Gasteiger partial charge in [-0.15, -0.1) is 11.3 Å². The molecule has 1 N–H and O–H groups in total. The molecule has 3 aromatic rings. The third kappa shape index (κ3) is 4.09. The number of piperidine rings is 1. The summed E-state index contributed by atoms with van der Waals surface area (Å²) >= 11 is 8.00. The molecule has 3 nitrogen and oxygen atoms in total. The van der Waals surface area contributed by atoms with Crippen molar-refractivity contribution in [2.45, 2.75) is 32.2 Å². The Morgan fingerprint density at radius 1 is 1.14 bits per heavy atom. The number of carbonyl (C=O) groups excluding carboxylic acids is 1. The Morgan fingerprint density at radius 2 is 1.89 bits per heavy atom. The number of carbonyl (C=O) groups is 1. The molecule has 4 rings (SSSR count). The van der Waals surface area contributed by atoms with E-state index in [1.165, 1.54) is 41.7 Å². The smallest absolute Gasteiger partial charge is 0.262 e. The van der Waals surface area contributed by atoms with E-state index in [0.717, 1.165) is 23.2 Å². The van der Waals surface area contributed by atoms with E-state index in [0.29, 0.717) is 16.4 Å². The summed E-state index contributed by atoms with van der Waals surface area (Å²) in [6, 6.07) is 16.8. The summed E-state index contributed by atoms with van der Waals surface area (Å²) in [4.78, 5) is 16.0. The van der Waals surface area contributed by atoms with E-state index in [9.17, 15) is 4.79 Å². The van der Waals surface area contributed by atoms with Gasteiger partial charge in [-0.2, -0.15) is 0 Å². The number of nitrogens with one attached hydrogen (secondary N) is 1. The molecular formula is C23H25ClN2OS. The van der Waals surface area contributed by atoms with Crippen LogP contribution in [0.5, 0.6) is 0 Å². The number of likely N-dealkylation sites (tertiary alicyclic amines) is 1. The molecule has 0 spiro atoms. The van der Waals surface area contributed by atoms with Gasteiger partial charge in [-0.3, -0.25) is 9.69 Å². The maximum atomic E-state index is 12.9. The van der Waals surface area contributed by atoms with Crippen LogP contribution in [0, 0.1) is 6.92 Å². The number of thiophene rings is 1. The number of rotatable bonds is 5. The standard InChI is InChI=1S/C23H25ClN2OS/c1-16-10-11-18-20(14-16)28-22(21(18)24)23(27)25-15-19(17-8-4-2-5-9-17)26-12-6-3-7-13-26/h2,4-5,8-11,14,19H,3,6-7,12-13,15H2,1H3,(H,25,27). The fourth-order valence-corrected chi connectivity index (χ4v) is 5.48. The Hall–Kier alpha value is -1.88. The van der Waals surface area contributed by atoms with Crippen LogP contribution in [0.4, 0.5) is 0 Å². The lowest BCUT2D eigenvalue weighted by atomic mass is 10.0. The zero-order valence-corrected chi connectivity index (χ0v) is 17.7. The number of amides is 1. The zero-order valence-electron chi connectivity index (χ0n) is 16.1. The molecule has 1 amide bonds. The molecular weight excluding hydrogens is 388 g/mol. The Morgan fingerprint density at radius 3 is 2.64 bits per heavy atom. The van der Waals surface area contributed by atoms with E-state index in [1.807, 2.05) is 18.2 Å². The van der Waals surface area contributed by atoms with E-state index in [-0.39, 0.29) is 11.9 Å². The summed E-state index contributed by atoms with van der Waals surface area (Å²) in [5.41, 5.74) is 2.43. The quantitative estimate of drug-likeness (QED) is 0.572. The van der Waals surface area contributed by atoms with Crippen LogP contribution in [0.15, 0.2) is 48.5 Å². The van der Waals surface area contributed by atoms with Crippen LogP contribution >= 0.6 is 22.9 Å². The van der Waals surface area contributed by atoms with Crippen LogP contribution < -0.4 is 5.32 Å². The molecule has 0 aliphatic carbocycles. The Kier molecular flexibility index (Phi) is 6.00. The average Bonchev–Trinajstić information content (AvgIpc) is 3.05. The topological polar surface area (TPSA) is 32.3 Å². The van der Waals surface area contributed by atoms with Gasteiger partial charge in [0.2, 0.25) is 0 Å². The van der Waals surface area contributed by atoms with Crippen LogP contribution in [0.2, 0.25) is 5.02 Å². The summed E-state index contributed by atoms with van der Waals surface area (Å²) in [6.07, 6.45) is 3.73. The Labute approximate surface area is 175 Å². The largest absolute Gasteiger partial charge is 0.349 e. The highest BCUT2D eigenvalue weighted by molar-refractivity contribution is 7.21. The van der Waals surface area contributed by atoms with Crippen molar-refractivity contribution < 1.29 is 4.79 Å². The van der Waals surface area contributed by atoms with Crippen LogP contribution in [0.25, 0.3) is 10.1 Å². The summed E-state index contributed by atoms with van der Waals surface area (Å²) in [5.74, 6) is -0.0817. The Bertz CT molecular complexity index is 963. The fourth-order valence-electron chi connectivity index (χ4n) is 3.95. The zero-order chi connectivity index (χ0) is 19.5. The molecule has 0 bridgehead atoms. The van der Waals surface area contributed by atoms with Crippen molar-refractivity contribution in [1.82, 2.24) is 10.2 Å². The van der Waals surface area contributed by atoms with Gasteiger partial charge in [0.05, 0.1) is 11.1 Å². The molecule has 2 aromatic carbocycles. The number of aryl methyl sites for hydroxylation is 1. The van der Waals surface area contributed by atoms with E-state index < -0.39 is 0 Å². The molecule has 2 heterocycles. The molecule has 5 heteroatoms. The number of benzene rings is 2. The lowest BCUT2D eigenvalue weighted by Gasteiger charge is -2.35. The number of nitrogens with zero attached hydrogens (tertiary/aromatic N) is 1. The van der Waals surface area contributed by atoms with Crippen molar-refractivity contribution in [3.63, 3.8) is 0 Å². The first-order valence-electron chi connectivity index (χ1n) is 9.89. The minimum atomic E-state index is -0.0817. The SMILES string of the molecule is Cc1ccc2c(Cl)c(C(=O)NCC(c3ccccc3)N3CCCCC3)sc2c1. The highest BCUT2D eigenvalue weighted by Gasteiger charge is 2.24. The normalized spacial score (nSPS) is 16.2. The number of fused-ring (bicyclic) bond motifs is 1. The van der Waals surface area contributed by atoms with E-state index in [4.69, 9.17) is 11.6 Å². The molecule has 28 heavy (non-hydrogen) atoms. The fraction of sp³-hybridized carbons (Fsp3) is 0.348. The summed E-state index contributed by atoms with van der Waals surface area (Å²) < 4.78 is 1.06. The van der Waals surface area contributed by atoms with Gasteiger partial charge in [0.15, 0.2) is 0 Å². The van der Waals surface area contributed by atoms with Gasteiger partial charge >= 0.3 is 0 Å². The van der Waals surface area contributed by atoms with Crippen LogP contribution in [-0.2, 0) is 0 Å². The van der Waals surface area contributed by atoms with E-state index >= 15 is 0 Å². The van der Waals surface area contributed by atoms with Gasteiger partial charge in [-0.05, 0) is 50.0 Å². The van der Waals surface area contributed by atoms with Crippen molar-refractivity contribution in [3.8, 4) is 0 Å². The second-order valence-corrected chi connectivity index (χ2v) is 8.91. The van der Waals surface area contributed by atoms with Crippen molar-refractivity contribution in [3.05, 3.63) is 69.6 Å². The van der Waals surface area contributed by atoms with Crippen LogP contribution in [0.1, 0.15) is 46.1 Å². The van der Waals surface area contributed by atoms with Crippen LogP contribution in [-0.4, -0.2) is 30.4 Å². The molecule has 0 saturated carbocycles. The van der Waals surface area contributed by atoms with Crippen molar-refractivity contribution in [2.24, 2.45) is 0 Å². The van der Waals surface area contributed by atoms with Gasteiger partial charge in [-0.1, -0.05) is 60.5 Å². The van der Waals surface area contributed by atoms with E-state index in [1.54, 1.807) is 0 Å². The second kappa shape index (κ2) is 8.64. The lowest BCUT2D eigenvalue weighted by Crippen LogP contribution is -2.40. The minimum Gasteiger partial charge on any atom is -0.349 e. The van der Waals surface area contributed by atoms with Crippen LogP contribution in [0.3, 0.4) is 0 Å². The average molecular weight is 413 g/mol. The number of halogens is 1. The number of hydrogen-bond donors (Lipinski definition) is 1. The maximum absolute atomic E-state index is 12.9. The predicted molar refractivity (Wildman–Crippen MR) is 119 cm³/mol. The van der Waals surface area contributed by atoms with Crippen molar-refractivity contribution in [1.29, 1.82) is 0 Å². The molecule has 0 radical (unpaired) electrons. The Balaban J connectivity index is 1.53. The van der Waals surface area contributed by atoms with Gasteiger partial charge in [0.1, 0.15) is 4.88 Å². The molecule has 1 aliphatic rings. The van der Waals surface area contributed by atoms with Gasteiger partial charge in [0, 0.05) is 16.6 Å². The second-order valence-electron chi connectivity index (χ2n) is 7.48. The monoisotopic (exact) mass is 412 g/mol. The van der Waals surface area contributed by atoms with Crippen molar-refractivity contribution in [2.75, 3.05) is 19.6 Å². The van der Waals surface area contributed by atoms with Gasteiger partial charge in [0.25, 0.3) is 5.91 Å². The number of hydrogen-bond acceptors (Lipinski definition) is 3. The van der Waals surface area contributed by atoms with Gasteiger partial charge < -0.3 is 5.32 Å². The lowest BCUT2D eigenvalue weighted by molar-refractivity contribution is 0.0928. The molecule has 146 valence electrons. The maximum Gasteiger partial charge on any atom is 0.262 e. The third-order valence-corrected chi connectivity index (χ3v) is 7.12. The highest BCUT2D eigenvalue weighted by atomic mass is 35.5. The highest BCUT2D eigenvalue weighted by Crippen LogP contribution is 2.36. The first-order valence-corrected chi connectivity index (χ1v) is 11.1. The van der Waals surface area contributed by atoms with Crippen molar-refractivity contribution >= 4 is 38.9 Å². The summed E-state index contributed by atoms with van der Waals surface area (Å²) in [7, 11) is 0. The van der Waals surface area contributed by atoms with Gasteiger partial charge in [-0.25, -0.2) is 0 Å². The summed E-state index contributed by atoms with van der Waals surface area (Å²) in [6.45, 7) is 4.80. The summed E-state index contributed by atoms with van der Waals surface area (Å²) in [5, 5.41) is 4.67. The minimum absolute atomic E-state index is 0.0817. The third-order valence-electron chi connectivity index (χ3n) is 5.46. The first kappa shape index (κ1) is 19.4. The molecule has 1 unspecified atom stereocenters. The molecule has 1 aliphatic heterocycles. The molecule has 1 atom stereocenters. The predicted octanol–water partition coefficient (Wildman–Crippen LogP) is 5.82. The molecule has 1 fully saturated rings. The first-order chi connectivity index (χ1) is 13.6. The molecule has 1 aromatic heterocycles. The molecule has 1 saturated heterocycles. The van der Waals surface area contributed by atoms with E-state index in [2.05, 4.69) is 47.5 Å².